The van der Waals surface area contributed by atoms with E-state index in [4.69, 9.17) is 4.74 Å². The molecule has 16 heavy (non-hydrogen) atoms. The molecule has 0 spiro atoms. The van der Waals surface area contributed by atoms with E-state index in [0.29, 0.717) is 13.0 Å². The fraction of sp³-hybridized carbons (Fsp3) is 0.538. The summed E-state index contributed by atoms with van der Waals surface area (Å²) >= 11 is 0. The van der Waals surface area contributed by atoms with Gasteiger partial charge in [-0.1, -0.05) is 12.1 Å². The van der Waals surface area contributed by atoms with Crippen LogP contribution in [0.2, 0.25) is 0 Å². The number of benzene rings is 1. The van der Waals surface area contributed by atoms with Crippen molar-refractivity contribution in [1.82, 2.24) is 0 Å². The SMILES string of the molecule is C[C@H](O)c1cccc(OCCC(C)(C)O)c1. The summed E-state index contributed by atoms with van der Waals surface area (Å²) in [7, 11) is 0. The molecule has 0 radical (unpaired) electrons. The van der Waals surface area contributed by atoms with E-state index >= 15 is 0 Å². The Bertz CT molecular complexity index is 326. The topological polar surface area (TPSA) is 49.7 Å². The van der Waals surface area contributed by atoms with Gasteiger partial charge in [0.25, 0.3) is 0 Å². The lowest BCUT2D eigenvalue weighted by molar-refractivity contribution is 0.0553. The van der Waals surface area contributed by atoms with Crippen molar-refractivity contribution in [2.24, 2.45) is 0 Å². The highest BCUT2D eigenvalue weighted by Gasteiger charge is 2.12. The van der Waals surface area contributed by atoms with Crippen molar-refractivity contribution in [3.63, 3.8) is 0 Å². The van der Waals surface area contributed by atoms with Crippen molar-refractivity contribution >= 4 is 0 Å². The summed E-state index contributed by atoms with van der Waals surface area (Å²) in [6, 6.07) is 7.36. The lowest BCUT2D eigenvalue weighted by atomic mass is 10.1. The highest BCUT2D eigenvalue weighted by Crippen LogP contribution is 2.19. The Morgan fingerprint density at radius 3 is 2.62 bits per heavy atom. The van der Waals surface area contributed by atoms with Crippen LogP contribution in [-0.4, -0.2) is 22.4 Å². The third-order valence-electron chi connectivity index (χ3n) is 2.32. The maximum absolute atomic E-state index is 9.52. The maximum atomic E-state index is 9.52. The predicted molar refractivity (Wildman–Crippen MR) is 63.5 cm³/mol. The van der Waals surface area contributed by atoms with Gasteiger partial charge in [0.05, 0.1) is 18.3 Å². The van der Waals surface area contributed by atoms with Gasteiger partial charge in [-0.25, -0.2) is 0 Å². The number of rotatable bonds is 5. The van der Waals surface area contributed by atoms with Gasteiger partial charge < -0.3 is 14.9 Å². The lowest BCUT2D eigenvalue weighted by Gasteiger charge is -2.17. The second kappa shape index (κ2) is 5.32. The van der Waals surface area contributed by atoms with E-state index in [2.05, 4.69) is 0 Å². The van der Waals surface area contributed by atoms with Crippen molar-refractivity contribution in [2.75, 3.05) is 6.61 Å². The molecule has 90 valence electrons. The average molecular weight is 224 g/mol. The summed E-state index contributed by atoms with van der Waals surface area (Å²) in [4.78, 5) is 0. The van der Waals surface area contributed by atoms with Crippen LogP contribution in [0.4, 0.5) is 0 Å². The maximum Gasteiger partial charge on any atom is 0.119 e. The van der Waals surface area contributed by atoms with Gasteiger partial charge >= 0.3 is 0 Å². The van der Waals surface area contributed by atoms with Crippen molar-refractivity contribution in [3.05, 3.63) is 29.8 Å². The molecule has 1 aromatic rings. The molecule has 1 aromatic carbocycles. The van der Waals surface area contributed by atoms with Gasteiger partial charge in [0.15, 0.2) is 0 Å². The summed E-state index contributed by atoms with van der Waals surface area (Å²) in [6.45, 7) is 5.69. The Morgan fingerprint density at radius 1 is 1.38 bits per heavy atom. The highest BCUT2D eigenvalue weighted by atomic mass is 16.5. The predicted octanol–water partition coefficient (Wildman–Crippen LogP) is 2.28. The summed E-state index contributed by atoms with van der Waals surface area (Å²) in [5.41, 5.74) is 0.128. The fourth-order valence-electron chi connectivity index (χ4n) is 1.28. The molecule has 0 aliphatic carbocycles. The van der Waals surface area contributed by atoms with Crippen LogP contribution in [0.3, 0.4) is 0 Å². The quantitative estimate of drug-likeness (QED) is 0.806. The summed E-state index contributed by atoms with van der Waals surface area (Å²) in [5, 5.41) is 18.9. The molecule has 0 saturated carbocycles. The molecule has 0 aliphatic heterocycles. The average Bonchev–Trinajstić information content (AvgIpc) is 2.16. The Kier molecular flexibility index (Phi) is 4.33. The minimum absolute atomic E-state index is 0.465. The van der Waals surface area contributed by atoms with Gasteiger partial charge in [0.1, 0.15) is 5.75 Å². The van der Waals surface area contributed by atoms with Crippen LogP contribution >= 0.6 is 0 Å². The molecule has 3 heteroatoms. The van der Waals surface area contributed by atoms with Gasteiger partial charge in [-0.15, -0.1) is 0 Å². The minimum atomic E-state index is -0.706. The summed E-state index contributed by atoms with van der Waals surface area (Å²) in [5.74, 6) is 0.725. The van der Waals surface area contributed by atoms with Gasteiger partial charge in [0, 0.05) is 6.42 Å². The zero-order chi connectivity index (χ0) is 12.2. The van der Waals surface area contributed by atoms with Crippen molar-refractivity contribution in [1.29, 1.82) is 0 Å². The Labute approximate surface area is 96.7 Å². The van der Waals surface area contributed by atoms with E-state index in [0.717, 1.165) is 11.3 Å². The molecule has 3 nitrogen and oxygen atoms in total. The van der Waals surface area contributed by atoms with Crippen LogP contribution in [0, 0.1) is 0 Å². The molecule has 0 saturated heterocycles. The molecule has 0 fully saturated rings. The van der Waals surface area contributed by atoms with E-state index in [1.807, 2.05) is 24.3 Å². The van der Waals surface area contributed by atoms with Crippen LogP contribution in [0.5, 0.6) is 5.75 Å². The van der Waals surface area contributed by atoms with Crippen LogP contribution in [0.15, 0.2) is 24.3 Å². The second-order valence-corrected chi connectivity index (χ2v) is 4.66. The normalized spacial score (nSPS) is 13.6. The molecular formula is C13H20O3. The Balaban J connectivity index is 2.51. The fourth-order valence-corrected chi connectivity index (χ4v) is 1.28. The van der Waals surface area contributed by atoms with E-state index < -0.39 is 11.7 Å². The molecular weight excluding hydrogens is 204 g/mol. The van der Waals surface area contributed by atoms with Crippen LogP contribution < -0.4 is 4.74 Å². The number of hydrogen-bond donors (Lipinski definition) is 2. The zero-order valence-corrected chi connectivity index (χ0v) is 10.1. The summed E-state index contributed by atoms with van der Waals surface area (Å²) < 4.78 is 5.50. The number of aliphatic hydroxyl groups is 2. The first-order chi connectivity index (χ1) is 7.38. The minimum Gasteiger partial charge on any atom is -0.493 e. The molecule has 2 N–H and O–H groups in total. The monoisotopic (exact) mass is 224 g/mol. The van der Waals surface area contributed by atoms with E-state index in [-0.39, 0.29) is 0 Å². The van der Waals surface area contributed by atoms with Crippen molar-refractivity contribution in [2.45, 2.75) is 38.9 Å². The first-order valence-electron chi connectivity index (χ1n) is 5.52. The van der Waals surface area contributed by atoms with Gasteiger partial charge in [-0.3, -0.25) is 0 Å². The lowest BCUT2D eigenvalue weighted by Crippen LogP contribution is -2.21. The third-order valence-corrected chi connectivity index (χ3v) is 2.32. The standard InChI is InChI=1S/C13H20O3/c1-10(14)11-5-4-6-12(9-11)16-8-7-13(2,3)15/h4-6,9-10,14-15H,7-8H2,1-3H3/t10-/m0/s1. The number of ether oxygens (including phenoxy) is 1. The third kappa shape index (κ3) is 4.64. The Hall–Kier alpha value is -1.06. The number of aliphatic hydroxyl groups excluding tert-OH is 1. The molecule has 0 aliphatic rings. The molecule has 0 unspecified atom stereocenters. The van der Waals surface area contributed by atoms with Crippen molar-refractivity contribution in [3.8, 4) is 5.75 Å². The first-order valence-corrected chi connectivity index (χ1v) is 5.52. The van der Waals surface area contributed by atoms with E-state index in [9.17, 15) is 10.2 Å². The van der Waals surface area contributed by atoms with Crippen LogP contribution in [0.1, 0.15) is 38.9 Å². The van der Waals surface area contributed by atoms with Crippen molar-refractivity contribution < 1.29 is 14.9 Å². The molecule has 0 aromatic heterocycles. The molecule has 0 heterocycles. The molecule has 0 bridgehead atoms. The summed E-state index contributed by atoms with van der Waals surface area (Å²) in [6.07, 6.45) is 0.0872. The zero-order valence-electron chi connectivity index (χ0n) is 10.1. The molecule has 1 rings (SSSR count). The van der Waals surface area contributed by atoms with Crippen LogP contribution in [0.25, 0.3) is 0 Å². The van der Waals surface area contributed by atoms with Crippen LogP contribution in [-0.2, 0) is 0 Å². The highest BCUT2D eigenvalue weighted by molar-refractivity contribution is 5.29. The van der Waals surface area contributed by atoms with E-state index in [1.54, 1.807) is 20.8 Å². The van der Waals surface area contributed by atoms with Gasteiger partial charge in [0.2, 0.25) is 0 Å². The largest absolute Gasteiger partial charge is 0.493 e. The van der Waals surface area contributed by atoms with Gasteiger partial charge in [-0.05, 0) is 38.5 Å². The number of hydrogen-bond acceptors (Lipinski definition) is 3. The molecule has 1 atom stereocenters. The van der Waals surface area contributed by atoms with E-state index in [1.165, 1.54) is 0 Å². The van der Waals surface area contributed by atoms with Gasteiger partial charge in [-0.2, -0.15) is 0 Å². The molecule has 0 amide bonds. The first kappa shape index (κ1) is 13.0. The Morgan fingerprint density at radius 2 is 2.06 bits per heavy atom. The second-order valence-electron chi connectivity index (χ2n) is 4.66. The smallest absolute Gasteiger partial charge is 0.119 e.